The zero-order valence-corrected chi connectivity index (χ0v) is 8.98. The Morgan fingerprint density at radius 1 is 1.44 bits per heavy atom. The normalized spacial score (nSPS) is 10.3. The number of nitrogen functional groups attached to an aromatic ring is 2. The number of halogens is 1. The maximum Gasteiger partial charge on any atom is 0.266 e. The van der Waals surface area contributed by atoms with Gasteiger partial charge in [-0.15, -0.1) is 0 Å². The molecule has 0 saturated heterocycles. The van der Waals surface area contributed by atoms with E-state index in [1.165, 1.54) is 6.07 Å². The smallest absolute Gasteiger partial charge is 0.266 e. The molecular weight excluding hydrogens is 243 g/mol. The number of hydrogen-bond acceptors (Lipinski definition) is 6. The lowest BCUT2D eigenvalue weighted by Gasteiger charge is -2.05. The maximum absolute atomic E-state index is 13.0. The number of rotatable bonds is 2. The topological polar surface area (TPSA) is 127 Å². The minimum Gasteiger partial charge on any atom is -0.500 e. The van der Waals surface area contributed by atoms with Gasteiger partial charge >= 0.3 is 0 Å². The molecule has 0 fully saturated rings. The first-order valence-electron chi connectivity index (χ1n) is 4.79. The van der Waals surface area contributed by atoms with Crippen molar-refractivity contribution in [3.05, 3.63) is 29.6 Å². The molecule has 0 saturated carbocycles. The molecule has 2 rings (SSSR count). The molecule has 0 unspecified atom stereocenters. The quantitative estimate of drug-likeness (QED) is 0.589. The largest absolute Gasteiger partial charge is 0.500 e. The molecule has 0 aliphatic heterocycles. The number of nitrogens with zero attached hydrogens (tertiary/aromatic N) is 1. The van der Waals surface area contributed by atoms with Crippen molar-refractivity contribution in [1.29, 1.82) is 0 Å². The molecule has 0 bridgehead atoms. The fourth-order valence-electron chi connectivity index (χ4n) is 1.28. The number of nitrogens with one attached hydrogen (secondary N) is 1. The summed E-state index contributed by atoms with van der Waals surface area (Å²) in [5, 5.41) is 14.9. The number of aromatic hydroxyl groups is 1. The number of benzene rings is 1. The second kappa shape index (κ2) is 4.24. The van der Waals surface area contributed by atoms with E-state index in [-0.39, 0.29) is 23.0 Å². The van der Waals surface area contributed by atoms with Crippen molar-refractivity contribution in [3.8, 4) is 5.75 Å². The van der Waals surface area contributed by atoms with E-state index in [1.54, 1.807) is 0 Å². The first kappa shape index (κ1) is 11.7. The summed E-state index contributed by atoms with van der Waals surface area (Å²) in [5.41, 5.74) is 10.7. The van der Waals surface area contributed by atoms with Crippen LogP contribution in [-0.2, 0) is 0 Å². The molecule has 0 radical (unpaired) electrons. The Bertz CT molecular complexity index is 611. The fraction of sp³-hybridized carbons (Fsp3) is 0. The van der Waals surface area contributed by atoms with Gasteiger partial charge in [-0.2, -0.15) is 0 Å². The van der Waals surface area contributed by atoms with E-state index in [0.717, 1.165) is 12.1 Å². The van der Waals surface area contributed by atoms with Gasteiger partial charge in [-0.05, 0) is 18.2 Å². The third kappa shape index (κ3) is 2.03. The van der Waals surface area contributed by atoms with Gasteiger partial charge in [0.15, 0.2) is 0 Å². The van der Waals surface area contributed by atoms with Crippen molar-refractivity contribution < 1.29 is 18.8 Å². The predicted molar refractivity (Wildman–Crippen MR) is 61.3 cm³/mol. The van der Waals surface area contributed by atoms with Gasteiger partial charge in [0.2, 0.25) is 11.6 Å². The monoisotopic (exact) mass is 252 g/mol. The molecule has 0 aliphatic rings. The third-order valence-corrected chi connectivity index (χ3v) is 2.18. The molecular formula is C10H9FN4O3. The van der Waals surface area contributed by atoms with Gasteiger partial charge in [0.25, 0.3) is 11.8 Å². The van der Waals surface area contributed by atoms with Crippen molar-refractivity contribution in [1.82, 2.24) is 5.16 Å². The number of aromatic nitrogens is 1. The Labute approximate surface area is 100 Å². The molecule has 1 amide bonds. The lowest BCUT2D eigenvalue weighted by molar-refractivity contribution is 0.102. The Balaban J connectivity index is 2.27. The van der Waals surface area contributed by atoms with Crippen LogP contribution in [0.4, 0.5) is 21.8 Å². The van der Waals surface area contributed by atoms with E-state index in [2.05, 4.69) is 15.0 Å². The van der Waals surface area contributed by atoms with Crippen LogP contribution < -0.4 is 16.8 Å². The van der Waals surface area contributed by atoms with E-state index in [4.69, 9.17) is 11.5 Å². The van der Waals surface area contributed by atoms with Gasteiger partial charge in [-0.3, -0.25) is 4.79 Å². The molecule has 0 aliphatic carbocycles. The Morgan fingerprint density at radius 3 is 2.78 bits per heavy atom. The highest BCUT2D eigenvalue weighted by molar-refractivity contribution is 6.08. The summed E-state index contributed by atoms with van der Waals surface area (Å²) >= 11 is 0. The molecule has 7 nitrogen and oxygen atoms in total. The van der Waals surface area contributed by atoms with Crippen LogP contribution in [0.3, 0.4) is 0 Å². The average Bonchev–Trinajstić information content (AvgIpc) is 2.64. The van der Waals surface area contributed by atoms with Crippen molar-refractivity contribution in [2.45, 2.75) is 0 Å². The number of carbonyl (C=O) groups excluding carboxylic acids is 1. The third-order valence-electron chi connectivity index (χ3n) is 2.18. The molecule has 0 spiro atoms. The first-order valence-corrected chi connectivity index (χ1v) is 4.79. The Hall–Kier alpha value is -2.77. The van der Waals surface area contributed by atoms with Crippen molar-refractivity contribution >= 4 is 23.3 Å². The van der Waals surface area contributed by atoms with Crippen molar-refractivity contribution in [3.63, 3.8) is 0 Å². The lowest BCUT2D eigenvalue weighted by atomic mass is 10.1. The number of anilines is 3. The van der Waals surface area contributed by atoms with Crippen LogP contribution in [0.2, 0.25) is 0 Å². The van der Waals surface area contributed by atoms with Crippen molar-refractivity contribution in [2.24, 2.45) is 0 Å². The van der Waals surface area contributed by atoms with Crippen LogP contribution in [0.1, 0.15) is 10.4 Å². The van der Waals surface area contributed by atoms with Crippen LogP contribution in [-0.4, -0.2) is 16.2 Å². The molecule has 94 valence electrons. The van der Waals surface area contributed by atoms with Crippen LogP contribution in [0, 0.1) is 5.82 Å². The zero-order valence-electron chi connectivity index (χ0n) is 8.98. The molecule has 18 heavy (non-hydrogen) atoms. The minimum absolute atomic E-state index is 0.0871. The molecule has 6 N–H and O–H groups in total. The summed E-state index contributed by atoms with van der Waals surface area (Å²) in [5.74, 6) is -2.45. The second-order valence-electron chi connectivity index (χ2n) is 3.43. The summed E-state index contributed by atoms with van der Waals surface area (Å²) in [4.78, 5) is 11.8. The van der Waals surface area contributed by atoms with Crippen LogP contribution in [0.5, 0.6) is 5.75 Å². The summed E-state index contributed by atoms with van der Waals surface area (Å²) in [6.07, 6.45) is 0. The van der Waals surface area contributed by atoms with Crippen LogP contribution in [0.15, 0.2) is 22.7 Å². The zero-order chi connectivity index (χ0) is 13.3. The van der Waals surface area contributed by atoms with E-state index in [0.29, 0.717) is 0 Å². The van der Waals surface area contributed by atoms with Gasteiger partial charge in [0.1, 0.15) is 5.82 Å². The minimum atomic E-state index is -0.740. The van der Waals surface area contributed by atoms with Gasteiger partial charge in [-0.25, -0.2) is 4.39 Å². The van der Waals surface area contributed by atoms with Gasteiger partial charge in [-0.1, -0.05) is 5.16 Å². The van der Waals surface area contributed by atoms with E-state index < -0.39 is 17.5 Å². The fourth-order valence-corrected chi connectivity index (χ4v) is 1.28. The predicted octanol–water partition coefficient (Wildman–Crippen LogP) is 0.936. The summed E-state index contributed by atoms with van der Waals surface area (Å²) < 4.78 is 17.4. The lowest BCUT2D eigenvalue weighted by Crippen LogP contribution is -2.14. The van der Waals surface area contributed by atoms with E-state index >= 15 is 0 Å². The van der Waals surface area contributed by atoms with E-state index in [9.17, 15) is 14.3 Å². The molecule has 1 aromatic heterocycles. The Kier molecular flexibility index (Phi) is 2.76. The van der Waals surface area contributed by atoms with Crippen molar-refractivity contribution in [2.75, 3.05) is 16.8 Å². The van der Waals surface area contributed by atoms with Crippen LogP contribution >= 0.6 is 0 Å². The summed E-state index contributed by atoms with van der Waals surface area (Å²) in [7, 11) is 0. The molecule has 0 atom stereocenters. The van der Waals surface area contributed by atoms with Gasteiger partial charge in [0, 0.05) is 5.69 Å². The first-order chi connectivity index (χ1) is 8.49. The molecule has 8 heteroatoms. The summed E-state index contributed by atoms with van der Waals surface area (Å²) in [6, 6.07) is 3.34. The maximum atomic E-state index is 13.0. The highest BCUT2D eigenvalue weighted by Gasteiger charge is 2.17. The van der Waals surface area contributed by atoms with Gasteiger partial charge in [0.05, 0.1) is 5.56 Å². The number of carbonyl (C=O) groups is 1. The molecule has 1 heterocycles. The highest BCUT2D eigenvalue weighted by Crippen LogP contribution is 2.29. The second-order valence-corrected chi connectivity index (χ2v) is 3.43. The SMILES string of the molecule is Nc1ccc(F)cc1C(=O)Nc1noc(N)c1O. The summed E-state index contributed by atoms with van der Waals surface area (Å²) in [6.45, 7) is 0. The van der Waals surface area contributed by atoms with Gasteiger partial charge < -0.3 is 26.4 Å². The van der Waals surface area contributed by atoms with Crippen LogP contribution in [0.25, 0.3) is 0 Å². The Morgan fingerprint density at radius 2 is 2.17 bits per heavy atom. The number of amides is 1. The molecule has 1 aromatic carbocycles. The molecule has 2 aromatic rings. The highest BCUT2D eigenvalue weighted by atomic mass is 19.1. The standard InChI is InChI=1S/C10H9FN4O3/c11-4-1-2-6(12)5(3-4)10(17)14-9-7(16)8(13)18-15-9/h1-3,16H,12-13H2,(H,14,15,17). The van der Waals surface area contributed by atoms with E-state index in [1.807, 2.05) is 0 Å². The average molecular weight is 252 g/mol. The number of hydrogen-bond donors (Lipinski definition) is 4. The number of nitrogens with two attached hydrogens (primary N) is 2.